The number of esters is 1. The second-order valence-corrected chi connectivity index (χ2v) is 7.77. The molecular weight excluding hydrogens is 358 g/mol. The smallest absolute Gasteiger partial charge is 0.408 e. The van der Waals surface area contributed by atoms with Crippen molar-refractivity contribution in [3.8, 4) is 11.1 Å². The third kappa shape index (κ3) is 4.51. The van der Waals surface area contributed by atoms with E-state index in [0.29, 0.717) is 0 Å². The Kier molecular flexibility index (Phi) is 5.70. The molecule has 0 fully saturated rings. The van der Waals surface area contributed by atoms with Gasteiger partial charge in [-0.3, -0.25) is 0 Å². The lowest BCUT2D eigenvalue weighted by Gasteiger charge is -2.23. The van der Waals surface area contributed by atoms with Crippen molar-refractivity contribution in [2.45, 2.75) is 45.4 Å². The van der Waals surface area contributed by atoms with Crippen molar-refractivity contribution in [3.63, 3.8) is 0 Å². The molecule has 0 aliphatic heterocycles. The van der Waals surface area contributed by atoms with E-state index in [0.717, 1.165) is 23.1 Å². The molecule has 0 saturated carbocycles. The van der Waals surface area contributed by atoms with Crippen LogP contribution < -0.4 is 5.32 Å². The SMILES string of the molecule is CC(C)(C)OC(=O)C(CO)NC(=O)OCc1cccc2c1Cc1ccccc1-2. The number of aliphatic hydroxyl groups excluding tert-OH is 1. The molecule has 28 heavy (non-hydrogen) atoms. The Morgan fingerprint density at radius 1 is 1.11 bits per heavy atom. The molecule has 1 aliphatic rings. The second kappa shape index (κ2) is 8.02. The van der Waals surface area contributed by atoms with Gasteiger partial charge >= 0.3 is 12.1 Å². The molecule has 0 spiro atoms. The zero-order chi connectivity index (χ0) is 20.3. The van der Waals surface area contributed by atoms with Gasteiger partial charge < -0.3 is 19.9 Å². The highest BCUT2D eigenvalue weighted by atomic mass is 16.6. The summed E-state index contributed by atoms with van der Waals surface area (Å²) >= 11 is 0. The van der Waals surface area contributed by atoms with Crippen LogP contribution in [0, 0.1) is 0 Å². The van der Waals surface area contributed by atoms with Gasteiger partial charge in [-0.25, -0.2) is 9.59 Å². The normalized spacial score (nSPS) is 13.3. The summed E-state index contributed by atoms with van der Waals surface area (Å²) < 4.78 is 10.5. The summed E-state index contributed by atoms with van der Waals surface area (Å²) in [5.41, 5.74) is 4.95. The summed E-state index contributed by atoms with van der Waals surface area (Å²) in [4.78, 5) is 24.1. The molecule has 1 unspecified atom stereocenters. The van der Waals surface area contributed by atoms with E-state index in [2.05, 4.69) is 23.5 Å². The van der Waals surface area contributed by atoms with Gasteiger partial charge in [0, 0.05) is 0 Å². The van der Waals surface area contributed by atoms with Crippen LogP contribution in [0.3, 0.4) is 0 Å². The lowest BCUT2D eigenvalue weighted by molar-refractivity contribution is -0.158. The molecule has 6 heteroatoms. The molecule has 2 N–H and O–H groups in total. The van der Waals surface area contributed by atoms with Gasteiger partial charge in [-0.2, -0.15) is 0 Å². The molecule has 2 aromatic rings. The molecule has 0 saturated heterocycles. The monoisotopic (exact) mass is 383 g/mol. The summed E-state index contributed by atoms with van der Waals surface area (Å²) in [6.07, 6.45) is 0.0159. The molecule has 0 bridgehead atoms. The van der Waals surface area contributed by atoms with E-state index in [-0.39, 0.29) is 6.61 Å². The van der Waals surface area contributed by atoms with Crippen LogP contribution in [0.25, 0.3) is 11.1 Å². The Balaban J connectivity index is 1.62. The predicted molar refractivity (Wildman–Crippen MR) is 105 cm³/mol. The van der Waals surface area contributed by atoms with Crippen molar-refractivity contribution < 1.29 is 24.2 Å². The van der Waals surface area contributed by atoms with Gasteiger partial charge in [-0.05, 0) is 55.0 Å². The van der Waals surface area contributed by atoms with Crippen LogP contribution in [0.2, 0.25) is 0 Å². The Labute approximate surface area is 164 Å². The maximum absolute atomic E-state index is 12.1. The standard InChI is InChI=1S/C22H25NO5/c1-22(2,3)28-20(25)19(12-24)23-21(26)27-13-15-8-6-10-17-16-9-5-4-7-14(16)11-18(15)17/h4-10,19,24H,11-13H2,1-3H3,(H,23,26). The molecule has 0 heterocycles. The van der Waals surface area contributed by atoms with Gasteiger partial charge in [0.05, 0.1) is 6.61 Å². The fraction of sp³-hybridized carbons (Fsp3) is 0.364. The Morgan fingerprint density at radius 2 is 1.82 bits per heavy atom. The van der Waals surface area contributed by atoms with E-state index < -0.39 is 30.3 Å². The summed E-state index contributed by atoms with van der Waals surface area (Å²) in [6, 6.07) is 13.0. The fourth-order valence-electron chi connectivity index (χ4n) is 3.24. The van der Waals surface area contributed by atoms with Crippen molar-refractivity contribution in [1.82, 2.24) is 5.32 Å². The highest BCUT2D eigenvalue weighted by Crippen LogP contribution is 2.38. The van der Waals surface area contributed by atoms with Crippen molar-refractivity contribution in [3.05, 3.63) is 59.2 Å². The number of nitrogens with one attached hydrogen (secondary N) is 1. The minimum Gasteiger partial charge on any atom is -0.458 e. The molecule has 6 nitrogen and oxygen atoms in total. The molecule has 148 valence electrons. The number of rotatable bonds is 5. The molecule has 0 radical (unpaired) electrons. The van der Waals surface area contributed by atoms with Crippen molar-refractivity contribution in [1.29, 1.82) is 0 Å². The van der Waals surface area contributed by atoms with E-state index in [9.17, 15) is 14.7 Å². The van der Waals surface area contributed by atoms with Crippen LogP contribution in [0.1, 0.15) is 37.5 Å². The van der Waals surface area contributed by atoms with Gasteiger partial charge in [0.15, 0.2) is 6.04 Å². The van der Waals surface area contributed by atoms with Crippen LogP contribution in [-0.4, -0.2) is 35.4 Å². The largest absolute Gasteiger partial charge is 0.458 e. The van der Waals surface area contributed by atoms with Gasteiger partial charge in [0.25, 0.3) is 0 Å². The number of carbonyl (C=O) groups is 2. The zero-order valence-corrected chi connectivity index (χ0v) is 16.3. The third-order valence-corrected chi connectivity index (χ3v) is 4.47. The summed E-state index contributed by atoms with van der Waals surface area (Å²) in [6.45, 7) is 4.65. The van der Waals surface area contributed by atoms with Crippen LogP contribution in [-0.2, 0) is 27.3 Å². The minimum absolute atomic E-state index is 0.0788. The number of hydrogen-bond acceptors (Lipinski definition) is 5. The number of carbonyl (C=O) groups excluding carboxylic acids is 2. The first-order valence-electron chi connectivity index (χ1n) is 9.24. The van der Waals surface area contributed by atoms with Crippen molar-refractivity contribution in [2.75, 3.05) is 6.61 Å². The van der Waals surface area contributed by atoms with E-state index >= 15 is 0 Å². The lowest BCUT2D eigenvalue weighted by atomic mass is 10.0. The van der Waals surface area contributed by atoms with Gasteiger partial charge in [-0.15, -0.1) is 0 Å². The van der Waals surface area contributed by atoms with Crippen LogP contribution in [0.15, 0.2) is 42.5 Å². The van der Waals surface area contributed by atoms with E-state index in [1.807, 2.05) is 24.3 Å². The van der Waals surface area contributed by atoms with E-state index in [1.54, 1.807) is 20.8 Å². The molecule has 1 amide bonds. The van der Waals surface area contributed by atoms with E-state index in [4.69, 9.17) is 9.47 Å². The van der Waals surface area contributed by atoms with Crippen molar-refractivity contribution >= 4 is 12.1 Å². The number of fused-ring (bicyclic) bond motifs is 3. The number of amides is 1. The fourth-order valence-corrected chi connectivity index (χ4v) is 3.24. The zero-order valence-electron chi connectivity index (χ0n) is 16.3. The molecule has 1 aliphatic carbocycles. The second-order valence-electron chi connectivity index (χ2n) is 7.77. The highest BCUT2D eigenvalue weighted by Gasteiger charge is 2.27. The maximum Gasteiger partial charge on any atom is 0.408 e. The average molecular weight is 383 g/mol. The maximum atomic E-state index is 12.1. The first kappa shape index (κ1) is 19.9. The van der Waals surface area contributed by atoms with Crippen LogP contribution in [0.5, 0.6) is 0 Å². The Bertz CT molecular complexity index is 885. The first-order chi connectivity index (χ1) is 13.3. The lowest BCUT2D eigenvalue weighted by Crippen LogP contribution is -2.46. The Morgan fingerprint density at radius 3 is 2.54 bits per heavy atom. The average Bonchev–Trinajstić information content (AvgIpc) is 3.02. The first-order valence-corrected chi connectivity index (χ1v) is 9.24. The third-order valence-electron chi connectivity index (χ3n) is 4.47. The number of ether oxygens (including phenoxy) is 2. The molecule has 2 aromatic carbocycles. The van der Waals surface area contributed by atoms with Gasteiger partial charge in [0.2, 0.25) is 0 Å². The van der Waals surface area contributed by atoms with Crippen molar-refractivity contribution in [2.24, 2.45) is 0 Å². The number of aliphatic hydroxyl groups is 1. The summed E-state index contributed by atoms with van der Waals surface area (Å²) in [5.74, 6) is -0.706. The number of alkyl carbamates (subject to hydrolysis) is 1. The molecular formula is C22H25NO5. The van der Waals surface area contributed by atoms with E-state index in [1.165, 1.54) is 11.1 Å². The minimum atomic E-state index is -1.17. The number of hydrogen-bond donors (Lipinski definition) is 2. The molecule has 0 aromatic heterocycles. The number of benzene rings is 2. The Hall–Kier alpha value is -2.86. The molecule has 1 atom stereocenters. The topological polar surface area (TPSA) is 84.9 Å². The quantitative estimate of drug-likeness (QED) is 0.661. The van der Waals surface area contributed by atoms with Crippen LogP contribution >= 0.6 is 0 Å². The highest BCUT2D eigenvalue weighted by molar-refractivity contribution is 5.82. The van der Waals surface area contributed by atoms with Gasteiger partial charge in [0.1, 0.15) is 12.2 Å². The molecule has 3 rings (SSSR count). The summed E-state index contributed by atoms with van der Waals surface area (Å²) in [7, 11) is 0. The summed E-state index contributed by atoms with van der Waals surface area (Å²) in [5, 5.41) is 11.7. The van der Waals surface area contributed by atoms with Crippen LogP contribution in [0.4, 0.5) is 4.79 Å². The predicted octanol–water partition coefficient (Wildman–Crippen LogP) is 3.19. The van der Waals surface area contributed by atoms with Gasteiger partial charge in [-0.1, -0.05) is 42.5 Å².